The van der Waals surface area contributed by atoms with Crippen LogP contribution in [0.2, 0.25) is 0 Å². The Morgan fingerprint density at radius 2 is 1.54 bits per heavy atom. The second-order valence-corrected chi connectivity index (χ2v) is 6.62. The van der Waals surface area contributed by atoms with Crippen LogP contribution in [0.15, 0.2) is 24.3 Å². The summed E-state index contributed by atoms with van der Waals surface area (Å²) in [7, 11) is 0. The third-order valence-electron chi connectivity index (χ3n) is 4.62. The van der Waals surface area contributed by atoms with Crippen molar-refractivity contribution in [1.82, 2.24) is 5.32 Å². The average Bonchev–Trinajstić information content (AvgIpc) is 3.41. The fourth-order valence-electron chi connectivity index (χ4n) is 2.96. The van der Waals surface area contributed by atoms with Gasteiger partial charge in [0, 0.05) is 23.7 Å². The quantitative estimate of drug-likeness (QED) is 0.737. The maximum atomic E-state index is 12.0. The second-order valence-electron chi connectivity index (χ2n) is 6.62. The maximum absolute atomic E-state index is 12.0. The van der Waals surface area contributed by atoms with E-state index >= 15 is 0 Å². The third kappa shape index (κ3) is 5.80. The van der Waals surface area contributed by atoms with Crippen LogP contribution in [0.25, 0.3) is 0 Å². The SMILES string of the molecule is Cl.O=C(CCC1CCNCC1)Nc1ccc(NC(=O)C2CC2)cc1. The normalized spacial score (nSPS) is 17.7. The summed E-state index contributed by atoms with van der Waals surface area (Å²) in [6, 6.07) is 7.35. The van der Waals surface area contributed by atoms with Gasteiger partial charge in [-0.15, -0.1) is 12.4 Å². The highest BCUT2D eigenvalue weighted by atomic mass is 35.5. The number of hydrogen-bond acceptors (Lipinski definition) is 3. The van der Waals surface area contributed by atoms with Gasteiger partial charge in [0.05, 0.1) is 0 Å². The largest absolute Gasteiger partial charge is 0.326 e. The van der Waals surface area contributed by atoms with Crippen molar-refractivity contribution in [3.05, 3.63) is 24.3 Å². The molecule has 1 aromatic rings. The third-order valence-corrected chi connectivity index (χ3v) is 4.62. The molecule has 2 amide bonds. The molecule has 3 N–H and O–H groups in total. The lowest BCUT2D eigenvalue weighted by Crippen LogP contribution is -2.28. The molecule has 0 spiro atoms. The zero-order valence-corrected chi connectivity index (χ0v) is 14.7. The molecule has 0 aromatic heterocycles. The molecule has 0 bridgehead atoms. The summed E-state index contributed by atoms with van der Waals surface area (Å²) in [6.07, 6.45) is 5.87. The summed E-state index contributed by atoms with van der Waals surface area (Å²) in [5.74, 6) is 1.04. The van der Waals surface area contributed by atoms with Crippen molar-refractivity contribution in [2.24, 2.45) is 11.8 Å². The van der Waals surface area contributed by atoms with Crippen molar-refractivity contribution in [3.63, 3.8) is 0 Å². The van der Waals surface area contributed by atoms with E-state index in [1.807, 2.05) is 24.3 Å². The molecule has 1 aromatic carbocycles. The molecule has 3 rings (SSSR count). The van der Waals surface area contributed by atoms with Gasteiger partial charge in [0.15, 0.2) is 0 Å². The zero-order chi connectivity index (χ0) is 16.1. The molecule has 1 aliphatic heterocycles. The number of benzene rings is 1. The minimum atomic E-state index is 0. The molecular formula is C18H26ClN3O2. The number of halogens is 1. The van der Waals surface area contributed by atoms with Gasteiger partial charge in [0.2, 0.25) is 11.8 Å². The monoisotopic (exact) mass is 351 g/mol. The first kappa shape index (κ1) is 18.7. The van der Waals surface area contributed by atoms with Gasteiger partial charge in [-0.2, -0.15) is 0 Å². The number of anilines is 2. The molecule has 6 heteroatoms. The Labute approximate surface area is 149 Å². The van der Waals surface area contributed by atoms with Crippen molar-refractivity contribution in [2.75, 3.05) is 23.7 Å². The van der Waals surface area contributed by atoms with E-state index < -0.39 is 0 Å². The van der Waals surface area contributed by atoms with Gasteiger partial charge < -0.3 is 16.0 Å². The second kappa shape index (κ2) is 9.04. The van der Waals surface area contributed by atoms with Crippen LogP contribution in [-0.2, 0) is 9.59 Å². The summed E-state index contributed by atoms with van der Waals surface area (Å²) in [4.78, 5) is 23.7. The minimum Gasteiger partial charge on any atom is -0.326 e. The van der Waals surface area contributed by atoms with Gasteiger partial charge in [-0.05, 0) is 75.4 Å². The van der Waals surface area contributed by atoms with E-state index in [-0.39, 0.29) is 30.1 Å². The number of hydrogen-bond donors (Lipinski definition) is 3. The Hall–Kier alpha value is -1.59. The number of rotatable bonds is 6. The van der Waals surface area contributed by atoms with Gasteiger partial charge in [0.1, 0.15) is 0 Å². The van der Waals surface area contributed by atoms with Crippen molar-refractivity contribution in [2.45, 2.75) is 38.5 Å². The lowest BCUT2D eigenvalue weighted by atomic mass is 9.93. The van der Waals surface area contributed by atoms with Crippen LogP contribution in [0.3, 0.4) is 0 Å². The number of carbonyl (C=O) groups is 2. The smallest absolute Gasteiger partial charge is 0.227 e. The molecule has 2 fully saturated rings. The lowest BCUT2D eigenvalue weighted by Gasteiger charge is -2.22. The molecule has 1 aliphatic carbocycles. The Bertz CT molecular complexity index is 552. The molecular weight excluding hydrogens is 326 g/mol. The van der Waals surface area contributed by atoms with Crippen LogP contribution in [0.4, 0.5) is 11.4 Å². The molecule has 1 saturated carbocycles. The van der Waals surface area contributed by atoms with E-state index in [1.165, 1.54) is 12.8 Å². The first-order chi connectivity index (χ1) is 11.2. The van der Waals surface area contributed by atoms with Crippen LogP contribution in [0.5, 0.6) is 0 Å². The van der Waals surface area contributed by atoms with Crippen molar-refractivity contribution >= 4 is 35.6 Å². The Morgan fingerprint density at radius 3 is 2.12 bits per heavy atom. The highest BCUT2D eigenvalue weighted by molar-refractivity contribution is 5.95. The van der Waals surface area contributed by atoms with Crippen LogP contribution in [-0.4, -0.2) is 24.9 Å². The molecule has 24 heavy (non-hydrogen) atoms. The molecule has 2 aliphatic rings. The fraction of sp³-hybridized carbons (Fsp3) is 0.556. The van der Waals surface area contributed by atoms with Crippen molar-refractivity contribution in [1.29, 1.82) is 0 Å². The molecule has 1 heterocycles. The van der Waals surface area contributed by atoms with E-state index in [0.29, 0.717) is 12.3 Å². The van der Waals surface area contributed by atoms with Crippen LogP contribution in [0, 0.1) is 11.8 Å². The summed E-state index contributed by atoms with van der Waals surface area (Å²) >= 11 is 0. The Balaban J connectivity index is 0.00000208. The highest BCUT2D eigenvalue weighted by Gasteiger charge is 2.29. The van der Waals surface area contributed by atoms with E-state index in [0.717, 1.165) is 43.7 Å². The fourth-order valence-corrected chi connectivity index (χ4v) is 2.96. The van der Waals surface area contributed by atoms with Gasteiger partial charge in [-0.1, -0.05) is 0 Å². The minimum absolute atomic E-state index is 0. The summed E-state index contributed by atoms with van der Waals surface area (Å²) in [5.41, 5.74) is 1.57. The lowest BCUT2D eigenvalue weighted by molar-refractivity contribution is -0.117. The number of nitrogens with one attached hydrogen (secondary N) is 3. The molecule has 0 radical (unpaired) electrons. The number of amides is 2. The maximum Gasteiger partial charge on any atom is 0.227 e. The predicted octanol–water partition coefficient (Wildman–Crippen LogP) is 3.18. The van der Waals surface area contributed by atoms with E-state index in [1.54, 1.807) is 0 Å². The van der Waals surface area contributed by atoms with Crippen LogP contribution in [0.1, 0.15) is 38.5 Å². The molecule has 0 unspecified atom stereocenters. The van der Waals surface area contributed by atoms with Crippen molar-refractivity contribution < 1.29 is 9.59 Å². The highest BCUT2D eigenvalue weighted by Crippen LogP contribution is 2.30. The summed E-state index contributed by atoms with van der Waals surface area (Å²) in [6.45, 7) is 2.14. The topological polar surface area (TPSA) is 70.2 Å². The van der Waals surface area contributed by atoms with Crippen LogP contribution < -0.4 is 16.0 Å². The van der Waals surface area contributed by atoms with E-state index in [4.69, 9.17) is 0 Å². The summed E-state index contributed by atoms with van der Waals surface area (Å²) < 4.78 is 0. The molecule has 132 valence electrons. The number of piperidine rings is 1. The summed E-state index contributed by atoms with van der Waals surface area (Å²) in [5, 5.41) is 9.17. The first-order valence-corrected chi connectivity index (χ1v) is 8.62. The van der Waals surface area contributed by atoms with Crippen molar-refractivity contribution in [3.8, 4) is 0 Å². The average molecular weight is 352 g/mol. The predicted molar refractivity (Wildman–Crippen MR) is 98.5 cm³/mol. The molecule has 1 saturated heterocycles. The standard InChI is InChI=1S/C18H25N3O2.ClH/c22-17(8-1-13-9-11-19-12-10-13)20-15-4-6-16(7-5-15)21-18(23)14-2-3-14;/h4-7,13-14,19H,1-3,8-12H2,(H,20,22)(H,21,23);1H. The molecule has 0 atom stereocenters. The number of carbonyl (C=O) groups excluding carboxylic acids is 2. The van der Waals surface area contributed by atoms with E-state index in [9.17, 15) is 9.59 Å². The van der Waals surface area contributed by atoms with E-state index in [2.05, 4.69) is 16.0 Å². The van der Waals surface area contributed by atoms with Gasteiger partial charge in [-0.25, -0.2) is 0 Å². The zero-order valence-electron chi connectivity index (χ0n) is 13.8. The van der Waals surface area contributed by atoms with Gasteiger partial charge >= 0.3 is 0 Å². The van der Waals surface area contributed by atoms with Crippen LogP contribution >= 0.6 is 12.4 Å². The Kier molecular flexibility index (Phi) is 7.06. The van der Waals surface area contributed by atoms with Gasteiger partial charge in [-0.3, -0.25) is 9.59 Å². The van der Waals surface area contributed by atoms with Gasteiger partial charge in [0.25, 0.3) is 0 Å². The Morgan fingerprint density at radius 1 is 0.958 bits per heavy atom. The molecule has 5 nitrogen and oxygen atoms in total. The first-order valence-electron chi connectivity index (χ1n) is 8.62.